The molecule has 55 heavy (non-hydrogen) atoms. The number of anilines is 1. The Morgan fingerprint density at radius 3 is 2.42 bits per heavy atom. The Balaban J connectivity index is 1.02. The van der Waals surface area contributed by atoms with E-state index in [-0.39, 0.29) is 69.3 Å². The van der Waals surface area contributed by atoms with Gasteiger partial charge in [-0.2, -0.15) is 0 Å². The van der Waals surface area contributed by atoms with Crippen LogP contribution in [0.15, 0.2) is 59.7 Å². The van der Waals surface area contributed by atoms with E-state index in [1.807, 2.05) is 38.1 Å². The third-order valence-corrected chi connectivity index (χ3v) is 17.8. The number of benzene rings is 2. The number of Topliss-reactive ketones (excluding diaryl/α,β-unsaturated/α-hetero) is 2. The van der Waals surface area contributed by atoms with Gasteiger partial charge in [0.25, 0.3) is 0 Å². The molecule has 7 aliphatic rings. The summed E-state index contributed by atoms with van der Waals surface area (Å²) in [5.41, 5.74) is 9.18. The summed E-state index contributed by atoms with van der Waals surface area (Å²) in [6.45, 7) is 13.1. The van der Waals surface area contributed by atoms with E-state index in [1.165, 1.54) is 11.1 Å². The van der Waals surface area contributed by atoms with Gasteiger partial charge in [-0.3, -0.25) is 9.59 Å². The van der Waals surface area contributed by atoms with E-state index >= 15 is 0 Å². The second-order valence-electron chi connectivity index (χ2n) is 20.6. The van der Waals surface area contributed by atoms with Crippen molar-refractivity contribution in [3.8, 4) is 5.75 Å². The van der Waals surface area contributed by atoms with Crippen LogP contribution in [0.1, 0.15) is 135 Å². The van der Waals surface area contributed by atoms with Crippen molar-refractivity contribution in [1.29, 1.82) is 0 Å². The van der Waals surface area contributed by atoms with Crippen LogP contribution in [-0.2, 0) is 14.3 Å². The van der Waals surface area contributed by atoms with Crippen molar-refractivity contribution in [2.45, 2.75) is 148 Å². The van der Waals surface area contributed by atoms with Gasteiger partial charge in [0.15, 0.2) is 5.78 Å². The van der Waals surface area contributed by atoms with Crippen LogP contribution in [0.2, 0.25) is 0 Å². The molecule has 7 heteroatoms. The predicted octanol–water partition coefficient (Wildman–Crippen LogP) is 8.65. The van der Waals surface area contributed by atoms with Gasteiger partial charge in [0, 0.05) is 34.3 Å². The molecule has 2 aromatic rings. The van der Waals surface area contributed by atoms with Gasteiger partial charge in [0.1, 0.15) is 17.6 Å². The summed E-state index contributed by atoms with van der Waals surface area (Å²) in [6.07, 6.45) is 8.00. The molecule has 2 aromatic carbocycles. The van der Waals surface area contributed by atoms with Crippen LogP contribution in [0, 0.1) is 51.2 Å². The fourth-order valence-electron chi connectivity index (χ4n) is 15.8. The van der Waals surface area contributed by atoms with Crippen LogP contribution < -0.4 is 5.73 Å². The fraction of sp³-hybridized carbons (Fsp3) is 0.667. The average Bonchev–Trinajstić information content (AvgIpc) is 3.46. The van der Waals surface area contributed by atoms with Crippen LogP contribution in [0.25, 0.3) is 0 Å². The molecule has 0 radical (unpaired) electrons. The van der Waals surface area contributed by atoms with Crippen molar-refractivity contribution < 1.29 is 29.6 Å². The monoisotopic (exact) mass is 749 g/mol. The Bertz CT molecular complexity index is 1950. The molecule has 1 aliphatic heterocycles. The molecule has 1 unspecified atom stereocenters. The lowest BCUT2D eigenvalue weighted by Crippen LogP contribution is -2.69. The van der Waals surface area contributed by atoms with E-state index in [1.54, 1.807) is 12.1 Å². The van der Waals surface area contributed by atoms with E-state index in [4.69, 9.17) is 10.5 Å². The number of nitrogens with two attached hydrogens (primary N) is 1. The van der Waals surface area contributed by atoms with E-state index in [0.717, 1.165) is 68.2 Å². The van der Waals surface area contributed by atoms with E-state index in [0.29, 0.717) is 31.1 Å². The number of rotatable bonds is 7. The molecule has 0 amide bonds. The van der Waals surface area contributed by atoms with Crippen LogP contribution in [0.4, 0.5) is 5.69 Å². The number of allylic oxidation sites excluding steroid dienone is 2. The Morgan fingerprint density at radius 2 is 1.67 bits per heavy atom. The predicted molar refractivity (Wildman–Crippen MR) is 213 cm³/mol. The maximum atomic E-state index is 14.9. The molecule has 1 spiro atoms. The third kappa shape index (κ3) is 5.10. The number of ether oxygens (including phenoxy) is 1. The number of epoxide rings is 1. The van der Waals surface area contributed by atoms with E-state index < -0.39 is 23.2 Å². The fourth-order valence-corrected chi connectivity index (χ4v) is 15.8. The minimum Gasteiger partial charge on any atom is -0.508 e. The number of phenolic OH excluding ortho intramolecular Hbond substituents is 1. The second kappa shape index (κ2) is 12.5. The minimum atomic E-state index is -0.747. The molecule has 0 bridgehead atoms. The summed E-state index contributed by atoms with van der Waals surface area (Å²) in [5.74, 6) is 0.712. The van der Waals surface area contributed by atoms with Gasteiger partial charge in [-0.1, -0.05) is 77.3 Å². The maximum absolute atomic E-state index is 14.9. The van der Waals surface area contributed by atoms with Gasteiger partial charge in [-0.15, -0.1) is 0 Å². The highest BCUT2D eigenvalue weighted by Gasteiger charge is 2.75. The molecular formula is C48H63NO6. The van der Waals surface area contributed by atoms with Gasteiger partial charge < -0.3 is 25.8 Å². The Kier molecular flexibility index (Phi) is 8.54. The summed E-state index contributed by atoms with van der Waals surface area (Å²) in [4.78, 5) is 29.2. The molecule has 6 fully saturated rings. The highest BCUT2D eigenvalue weighted by Crippen LogP contribution is 2.78. The summed E-state index contributed by atoms with van der Waals surface area (Å²) in [7, 11) is 0. The highest BCUT2D eigenvalue weighted by molar-refractivity contribution is 6.03. The summed E-state index contributed by atoms with van der Waals surface area (Å²) in [5, 5.41) is 34.8. The van der Waals surface area contributed by atoms with Gasteiger partial charge >= 0.3 is 0 Å². The van der Waals surface area contributed by atoms with Crippen molar-refractivity contribution in [1.82, 2.24) is 0 Å². The molecule has 14 atom stereocenters. The van der Waals surface area contributed by atoms with E-state index in [9.17, 15) is 24.9 Å². The number of hydrogen-bond acceptors (Lipinski definition) is 7. The van der Waals surface area contributed by atoms with Gasteiger partial charge in [-0.05, 0) is 140 Å². The van der Waals surface area contributed by atoms with Gasteiger partial charge in [0.05, 0.1) is 17.8 Å². The van der Waals surface area contributed by atoms with Crippen molar-refractivity contribution in [3.05, 3.63) is 70.8 Å². The van der Waals surface area contributed by atoms with Crippen LogP contribution in [-0.4, -0.2) is 50.8 Å². The highest BCUT2D eigenvalue weighted by atomic mass is 16.6. The molecule has 0 aromatic heterocycles. The zero-order valence-corrected chi connectivity index (χ0v) is 33.8. The standard InChI is InChI=1S/C48H63NO6/c1-26(21-36(51)43-47(6,55-43)33-16-9-15-31(33)27-11-7-13-29(49)22-27)39-34-18-19-38-45(4)24-32(28-12-8-14-30(50)23-28)42(54)44(2,3)41(45)37(52)25-48(38)20-10-17-35(40(39)53)46(34,48)5/h7-8,11-14,22-23,26,31-33,35-38,41,43,50-52H,9-10,15-21,24-25,49H2,1-6H3/t26-,31+,32-,33+,35+,36-,37+,38?,41+,43+,45-,46-,47-,48-/m1/s1. The van der Waals surface area contributed by atoms with Crippen LogP contribution >= 0.6 is 0 Å². The zero-order valence-electron chi connectivity index (χ0n) is 33.8. The van der Waals surface area contributed by atoms with Crippen LogP contribution in [0.5, 0.6) is 5.75 Å². The summed E-state index contributed by atoms with van der Waals surface area (Å²) < 4.78 is 6.48. The molecule has 6 aliphatic carbocycles. The van der Waals surface area contributed by atoms with Crippen molar-refractivity contribution in [2.75, 3.05) is 5.73 Å². The third-order valence-electron chi connectivity index (χ3n) is 17.8. The number of carbonyl (C=O) groups excluding carboxylic acids is 2. The SMILES string of the molecule is C[C@H](C[C@@H](O)[C@@H]1O[C@]1(C)[C@H]1CCC[C@H]1c1cccc(N)c1)C1=C2CCC3[C@@]4(CCC[C@@H](C1=O)[C@@]24C)C[C@H](O)[C@H]1C(C)(C)C(=O)[C@@H](c2cccc(O)c2)C[C@]31C. The molecule has 1 heterocycles. The molecule has 5 N–H and O–H groups in total. The number of aliphatic hydroxyl groups is 2. The first-order valence-corrected chi connectivity index (χ1v) is 21.5. The summed E-state index contributed by atoms with van der Waals surface area (Å²) in [6, 6.07) is 15.4. The number of hydrogen-bond donors (Lipinski definition) is 4. The topological polar surface area (TPSA) is 133 Å². The molecule has 1 saturated heterocycles. The number of ketones is 2. The molecule has 296 valence electrons. The normalized spacial score (nSPS) is 44.1. The van der Waals surface area contributed by atoms with Crippen molar-refractivity contribution >= 4 is 17.3 Å². The zero-order chi connectivity index (χ0) is 39.0. The van der Waals surface area contributed by atoms with Gasteiger partial charge in [0.2, 0.25) is 0 Å². The Hall–Kier alpha value is -3.00. The van der Waals surface area contributed by atoms with Crippen molar-refractivity contribution in [3.63, 3.8) is 0 Å². The first-order valence-electron chi connectivity index (χ1n) is 21.5. The number of nitrogen functional groups attached to an aromatic ring is 1. The molecule has 7 nitrogen and oxygen atoms in total. The lowest BCUT2D eigenvalue weighted by atomic mass is 9.32. The number of carbonyl (C=O) groups is 2. The second-order valence-corrected chi connectivity index (χ2v) is 20.6. The number of fused-ring (bicyclic) bond motifs is 2. The quantitative estimate of drug-likeness (QED) is 0.165. The van der Waals surface area contributed by atoms with E-state index in [2.05, 4.69) is 39.8 Å². The smallest absolute Gasteiger partial charge is 0.163 e. The lowest BCUT2D eigenvalue weighted by molar-refractivity contribution is -0.239. The van der Waals surface area contributed by atoms with Crippen molar-refractivity contribution in [2.24, 2.45) is 51.2 Å². The molecular weight excluding hydrogens is 687 g/mol. The summed E-state index contributed by atoms with van der Waals surface area (Å²) >= 11 is 0. The number of aliphatic hydroxyl groups excluding tert-OH is 2. The molecule has 5 saturated carbocycles. The number of phenols is 1. The average molecular weight is 750 g/mol. The first-order chi connectivity index (χ1) is 26.0. The Morgan fingerprint density at radius 1 is 0.927 bits per heavy atom. The first kappa shape index (κ1) is 37.6. The molecule has 9 rings (SSSR count). The van der Waals surface area contributed by atoms with Gasteiger partial charge in [-0.25, -0.2) is 0 Å². The Labute approximate surface area is 327 Å². The maximum Gasteiger partial charge on any atom is 0.163 e. The minimum absolute atomic E-state index is 0.103. The number of aromatic hydroxyl groups is 1. The largest absolute Gasteiger partial charge is 0.508 e. The lowest BCUT2D eigenvalue weighted by Gasteiger charge is -2.72. The van der Waals surface area contributed by atoms with Crippen LogP contribution in [0.3, 0.4) is 0 Å².